The number of carbonyl (C=O) groups is 1. The number of benzene rings is 2. The molecule has 0 aliphatic carbocycles. The summed E-state index contributed by atoms with van der Waals surface area (Å²) in [7, 11) is -3.60. The second kappa shape index (κ2) is 8.37. The van der Waals surface area contributed by atoms with Crippen molar-refractivity contribution in [1.29, 1.82) is 0 Å². The summed E-state index contributed by atoms with van der Waals surface area (Å²) in [6.45, 7) is 0.604. The molecule has 0 spiro atoms. The lowest BCUT2D eigenvalue weighted by Gasteiger charge is -2.33. The fourth-order valence-electron chi connectivity index (χ4n) is 4.33. The van der Waals surface area contributed by atoms with Gasteiger partial charge in [-0.25, -0.2) is 8.42 Å². The number of rotatable bonds is 4. The standard InChI is InChI=1S/C24H23N3O4S/c28-24(17-11-14-27(15-12-17)32(29,30)18-6-5-13-25-16-18)26-23-19-7-1-3-9-21(19)31-22-10-4-2-8-20(22)23/h1-10,13,16-17,23H,11-12,14-15H2,(H,26,28). The first-order valence-electron chi connectivity index (χ1n) is 10.6. The Kier molecular flexibility index (Phi) is 5.40. The third kappa shape index (κ3) is 3.76. The van der Waals surface area contributed by atoms with Gasteiger partial charge in [0.25, 0.3) is 0 Å². The van der Waals surface area contributed by atoms with E-state index in [2.05, 4.69) is 10.3 Å². The summed E-state index contributed by atoms with van der Waals surface area (Å²) < 4.78 is 33.1. The van der Waals surface area contributed by atoms with E-state index in [4.69, 9.17) is 4.74 Å². The average molecular weight is 450 g/mol. The SMILES string of the molecule is O=C(NC1c2ccccc2Oc2ccccc21)C1CCN(S(=O)(=O)c2cccnc2)CC1. The van der Waals surface area contributed by atoms with Crippen LogP contribution in [0.4, 0.5) is 0 Å². The molecule has 1 N–H and O–H groups in total. The molecule has 3 heterocycles. The predicted molar refractivity (Wildman–Crippen MR) is 119 cm³/mol. The van der Waals surface area contributed by atoms with Gasteiger partial charge in [-0.15, -0.1) is 0 Å². The first-order chi connectivity index (χ1) is 15.5. The molecule has 0 saturated carbocycles. The van der Waals surface area contributed by atoms with Crippen LogP contribution in [0, 0.1) is 5.92 Å². The number of nitrogens with zero attached hydrogens (tertiary/aromatic N) is 2. The fraction of sp³-hybridized carbons (Fsp3) is 0.250. The minimum absolute atomic E-state index is 0.0695. The van der Waals surface area contributed by atoms with Gasteiger partial charge in [0.05, 0.1) is 6.04 Å². The van der Waals surface area contributed by atoms with Crippen LogP contribution in [0.5, 0.6) is 11.5 Å². The van der Waals surface area contributed by atoms with Crippen LogP contribution >= 0.6 is 0 Å². The number of nitrogens with one attached hydrogen (secondary N) is 1. The minimum atomic E-state index is -3.60. The van der Waals surface area contributed by atoms with Crippen LogP contribution in [0.3, 0.4) is 0 Å². The van der Waals surface area contributed by atoms with Gasteiger partial charge in [-0.2, -0.15) is 4.31 Å². The number of para-hydroxylation sites is 2. The van der Waals surface area contributed by atoms with Crippen molar-refractivity contribution < 1.29 is 17.9 Å². The molecule has 0 bridgehead atoms. The van der Waals surface area contributed by atoms with E-state index < -0.39 is 10.0 Å². The first-order valence-corrected chi connectivity index (χ1v) is 12.0. The van der Waals surface area contributed by atoms with Gasteiger partial charge in [0.2, 0.25) is 15.9 Å². The normalized spacial score (nSPS) is 17.1. The van der Waals surface area contributed by atoms with Crippen molar-refractivity contribution in [3.63, 3.8) is 0 Å². The zero-order valence-electron chi connectivity index (χ0n) is 17.3. The number of aromatic nitrogens is 1. The zero-order chi connectivity index (χ0) is 22.1. The molecule has 2 aliphatic heterocycles. The lowest BCUT2D eigenvalue weighted by atomic mass is 9.92. The van der Waals surface area contributed by atoms with E-state index in [1.54, 1.807) is 18.3 Å². The Morgan fingerprint density at radius 3 is 2.16 bits per heavy atom. The fourth-order valence-corrected chi connectivity index (χ4v) is 5.77. The highest BCUT2D eigenvalue weighted by Crippen LogP contribution is 2.42. The molecule has 32 heavy (non-hydrogen) atoms. The van der Waals surface area contributed by atoms with Gasteiger partial charge in [0, 0.05) is 42.5 Å². The second-order valence-corrected chi connectivity index (χ2v) is 9.92. The molecule has 5 rings (SSSR count). The van der Waals surface area contributed by atoms with Crippen LogP contribution in [-0.4, -0.2) is 36.7 Å². The van der Waals surface area contributed by atoms with E-state index >= 15 is 0 Å². The van der Waals surface area contributed by atoms with Crippen LogP contribution in [0.25, 0.3) is 0 Å². The maximum Gasteiger partial charge on any atom is 0.244 e. The van der Waals surface area contributed by atoms with Gasteiger partial charge in [-0.05, 0) is 37.1 Å². The van der Waals surface area contributed by atoms with Crippen molar-refractivity contribution in [2.45, 2.75) is 23.8 Å². The van der Waals surface area contributed by atoms with E-state index in [1.807, 2.05) is 48.5 Å². The zero-order valence-corrected chi connectivity index (χ0v) is 18.2. The highest BCUT2D eigenvalue weighted by atomic mass is 32.2. The lowest BCUT2D eigenvalue weighted by Crippen LogP contribution is -2.44. The van der Waals surface area contributed by atoms with Gasteiger partial charge in [0.1, 0.15) is 16.4 Å². The van der Waals surface area contributed by atoms with E-state index in [0.29, 0.717) is 25.9 Å². The van der Waals surface area contributed by atoms with Crippen molar-refractivity contribution in [2.24, 2.45) is 5.92 Å². The number of hydrogen-bond donors (Lipinski definition) is 1. The van der Waals surface area contributed by atoms with E-state index in [0.717, 1.165) is 22.6 Å². The molecule has 8 heteroatoms. The molecular formula is C24H23N3O4S. The number of ether oxygens (including phenoxy) is 1. The van der Waals surface area contributed by atoms with Crippen LogP contribution in [-0.2, 0) is 14.8 Å². The number of piperidine rings is 1. The summed E-state index contributed by atoms with van der Waals surface area (Å²) in [5.41, 5.74) is 1.83. The van der Waals surface area contributed by atoms with Gasteiger partial charge >= 0.3 is 0 Å². The highest BCUT2D eigenvalue weighted by Gasteiger charge is 2.34. The number of carbonyl (C=O) groups excluding carboxylic acids is 1. The summed E-state index contributed by atoms with van der Waals surface area (Å²) in [4.78, 5) is 17.3. The smallest absolute Gasteiger partial charge is 0.244 e. The van der Waals surface area contributed by atoms with Crippen LogP contribution in [0.2, 0.25) is 0 Å². The molecule has 7 nitrogen and oxygen atoms in total. The number of hydrogen-bond acceptors (Lipinski definition) is 5. The molecule has 1 fully saturated rings. The molecule has 2 aliphatic rings. The minimum Gasteiger partial charge on any atom is -0.457 e. The Hall–Kier alpha value is -3.23. The van der Waals surface area contributed by atoms with Crippen molar-refractivity contribution >= 4 is 15.9 Å². The van der Waals surface area contributed by atoms with Gasteiger partial charge in [-0.3, -0.25) is 9.78 Å². The Bertz CT molecular complexity index is 1190. The molecule has 0 radical (unpaired) electrons. The average Bonchev–Trinajstić information content (AvgIpc) is 2.84. The monoisotopic (exact) mass is 449 g/mol. The molecule has 1 saturated heterocycles. The summed E-state index contributed by atoms with van der Waals surface area (Å²) >= 11 is 0. The topological polar surface area (TPSA) is 88.6 Å². The maximum atomic E-state index is 13.2. The Labute approximate surface area is 187 Å². The van der Waals surface area contributed by atoms with Crippen molar-refractivity contribution in [1.82, 2.24) is 14.6 Å². The summed E-state index contributed by atoms with van der Waals surface area (Å²) in [5.74, 6) is 1.14. The quantitative estimate of drug-likeness (QED) is 0.659. The first kappa shape index (κ1) is 20.7. The Morgan fingerprint density at radius 1 is 0.938 bits per heavy atom. The van der Waals surface area contributed by atoms with Gasteiger partial charge < -0.3 is 10.1 Å². The molecule has 0 unspecified atom stereocenters. The summed E-state index contributed by atoms with van der Waals surface area (Å²) in [6, 6.07) is 18.2. The third-order valence-electron chi connectivity index (χ3n) is 6.06. The number of fused-ring (bicyclic) bond motifs is 2. The van der Waals surface area contributed by atoms with E-state index in [-0.39, 0.29) is 22.8 Å². The second-order valence-electron chi connectivity index (χ2n) is 7.99. The summed E-state index contributed by atoms with van der Waals surface area (Å²) in [5, 5.41) is 3.19. The number of amides is 1. The Balaban J connectivity index is 1.30. The van der Waals surface area contributed by atoms with Gasteiger partial charge in [0.15, 0.2) is 0 Å². The molecule has 164 valence electrons. The van der Waals surface area contributed by atoms with Crippen LogP contribution < -0.4 is 10.1 Å². The highest BCUT2D eigenvalue weighted by molar-refractivity contribution is 7.89. The molecule has 0 atom stereocenters. The molecular weight excluding hydrogens is 426 g/mol. The van der Waals surface area contributed by atoms with E-state index in [1.165, 1.54) is 10.5 Å². The largest absolute Gasteiger partial charge is 0.457 e. The van der Waals surface area contributed by atoms with Crippen LogP contribution in [0.15, 0.2) is 78.0 Å². The van der Waals surface area contributed by atoms with Crippen molar-refractivity contribution in [2.75, 3.05) is 13.1 Å². The lowest BCUT2D eigenvalue weighted by molar-refractivity contribution is -0.126. The number of sulfonamides is 1. The predicted octanol–water partition coefficient (Wildman–Crippen LogP) is 3.49. The van der Waals surface area contributed by atoms with Crippen molar-refractivity contribution in [3.05, 3.63) is 84.2 Å². The summed E-state index contributed by atoms with van der Waals surface area (Å²) in [6.07, 6.45) is 3.84. The van der Waals surface area contributed by atoms with Crippen molar-refractivity contribution in [3.8, 4) is 11.5 Å². The van der Waals surface area contributed by atoms with Gasteiger partial charge in [-0.1, -0.05) is 36.4 Å². The molecule has 2 aromatic carbocycles. The van der Waals surface area contributed by atoms with Crippen LogP contribution in [0.1, 0.15) is 30.0 Å². The molecule has 3 aromatic rings. The van der Waals surface area contributed by atoms with E-state index in [9.17, 15) is 13.2 Å². The molecule has 1 amide bonds. The Morgan fingerprint density at radius 2 is 1.56 bits per heavy atom. The number of pyridine rings is 1. The molecule has 1 aromatic heterocycles. The maximum absolute atomic E-state index is 13.2. The third-order valence-corrected chi connectivity index (χ3v) is 7.95.